The first-order valence-electron chi connectivity index (χ1n) is 11.2. The number of amides is 2. The van der Waals surface area contributed by atoms with Crippen LogP contribution in [0.2, 0.25) is 0 Å². The maximum atomic E-state index is 12.2. The number of aryl methyl sites for hydroxylation is 1. The molecule has 2 amide bonds. The molecule has 0 radical (unpaired) electrons. The van der Waals surface area contributed by atoms with Crippen molar-refractivity contribution in [3.8, 4) is 17.4 Å². The van der Waals surface area contributed by atoms with Gasteiger partial charge in [0.25, 0.3) is 5.91 Å². The van der Waals surface area contributed by atoms with Crippen molar-refractivity contribution in [3.63, 3.8) is 0 Å². The number of benzene rings is 1. The molecule has 2 N–H and O–H groups in total. The van der Waals surface area contributed by atoms with Crippen molar-refractivity contribution >= 4 is 28.2 Å². The molecule has 0 spiro atoms. The fourth-order valence-electron chi connectivity index (χ4n) is 3.59. The second-order valence-electron chi connectivity index (χ2n) is 8.00. The zero-order valence-corrected chi connectivity index (χ0v) is 19.6. The molecule has 0 bridgehead atoms. The summed E-state index contributed by atoms with van der Waals surface area (Å²) in [6.45, 7) is 4.03. The molecule has 182 valence electrons. The largest absolute Gasteiger partial charge is 0.470 e. The molecule has 0 saturated carbocycles. The van der Waals surface area contributed by atoms with E-state index in [-0.39, 0.29) is 18.4 Å². The number of nitrogens with zero attached hydrogens (tertiary/aromatic N) is 6. The Morgan fingerprint density at radius 3 is 2.58 bits per heavy atom. The number of fused-ring (bicyclic) bond motifs is 3. The third kappa shape index (κ3) is 4.69. The van der Waals surface area contributed by atoms with Gasteiger partial charge in [-0.15, -0.1) is 15.3 Å². The molecule has 1 aromatic carbocycles. The first kappa shape index (κ1) is 22.9. The molecule has 0 saturated heterocycles. The molecule has 0 aliphatic rings. The quantitative estimate of drug-likeness (QED) is 0.314. The van der Waals surface area contributed by atoms with E-state index in [1.54, 1.807) is 29.6 Å². The molecule has 0 aliphatic carbocycles. The van der Waals surface area contributed by atoms with E-state index in [9.17, 15) is 9.59 Å². The standard InChI is InChI=1S/C24H22N8O4/c1-14-11-20(31-36-14)22-29-28-21-18-5-3-4-6-19(18)24(30-32(21)22)35-13-17-8-7-16(12-27-17)23(34)26-10-9-25-15(2)33/h3-8,11-12H,9-10,13H2,1-2H3,(H,25,33)(H,26,34). The smallest absolute Gasteiger partial charge is 0.252 e. The minimum Gasteiger partial charge on any atom is -0.470 e. The summed E-state index contributed by atoms with van der Waals surface area (Å²) in [6.07, 6.45) is 1.48. The Morgan fingerprint density at radius 1 is 1.06 bits per heavy atom. The summed E-state index contributed by atoms with van der Waals surface area (Å²) < 4.78 is 12.8. The first-order valence-corrected chi connectivity index (χ1v) is 11.2. The predicted octanol–water partition coefficient (Wildman–Crippen LogP) is 2.08. The molecular formula is C24H22N8O4. The SMILES string of the molecule is CC(=O)NCCNC(=O)c1ccc(COc2nn3c(-c4cc(C)on4)nnc3c3ccccc23)nc1. The van der Waals surface area contributed by atoms with Gasteiger partial charge in [0.1, 0.15) is 12.4 Å². The number of hydrogen-bond donors (Lipinski definition) is 2. The molecule has 0 fully saturated rings. The monoisotopic (exact) mass is 486 g/mol. The number of nitrogens with one attached hydrogen (secondary N) is 2. The van der Waals surface area contributed by atoms with Crippen molar-refractivity contribution < 1.29 is 18.8 Å². The lowest BCUT2D eigenvalue weighted by atomic mass is 10.2. The van der Waals surface area contributed by atoms with E-state index < -0.39 is 0 Å². The maximum absolute atomic E-state index is 12.2. The van der Waals surface area contributed by atoms with Gasteiger partial charge in [0.2, 0.25) is 17.6 Å². The van der Waals surface area contributed by atoms with E-state index in [1.165, 1.54) is 13.1 Å². The van der Waals surface area contributed by atoms with Gasteiger partial charge in [-0.1, -0.05) is 23.4 Å². The van der Waals surface area contributed by atoms with Crippen LogP contribution in [0.1, 0.15) is 28.7 Å². The molecule has 4 heterocycles. The summed E-state index contributed by atoms with van der Waals surface area (Å²) in [6, 6.07) is 12.8. The molecule has 36 heavy (non-hydrogen) atoms. The van der Waals surface area contributed by atoms with Gasteiger partial charge in [0.15, 0.2) is 11.3 Å². The number of hydrogen-bond acceptors (Lipinski definition) is 9. The molecule has 12 nitrogen and oxygen atoms in total. The predicted molar refractivity (Wildman–Crippen MR) is 128 cm³/mol. The van der Waals surface area contributed by atoms with E-state index >= 15 is 0 Å². The zero-order chi connectivity index (χ0) is 25.1. The van der Waals surface area contributed by atoms with Crippen LogP contribution in [0.25, 0.3) is 27.9 Å². The Balaban J connectivity index is 1.35. The van der Waals surface area contributed by atoms with Crippen LogP contribution in [0.3, 0.4) is 0 Å². The van der Waals surface area contributed by atoms with Crippen molar-refractivity contribution in [3.05, 3.63) is 65.7 Å². The minimum absolute atomic E-state index is 0.132. The van der Waals surface area contributed by atoms with Crippen LogP contribution in [0, 0.1) is 6.92 Å². The van der Waals surface area contributed by atoms with E-state index in [4.69, 9.17) is 9.26 Å². The van der Waals surface area contributed by atoms with Crippen molar-refractivity contribution in [2.24, 2.45) is 0 Å². The third-order valence-corrected chi connectivity index (χ3v) is 5.32. The van der Waals surface area contributed by atoms with Crippen LogP contribution < -0.4 is 15.4 Å². The third-order valence-electron chi connectivity index (χ3n) is 5.32. The van der Waals surface area contributed by atoms with E-state index in [0.717, 1.165) is 10.8 Å². The van der Waals surface area contributed by atoms with Crippen molar-refractivity contribution in [2.75, 3.05) is 13.1 Å². The van der Waals surface area contributed by atoms with Crippen LogP contribution >= 0.6 is 0 Å². The molecule has 4 aromatic heterocycles. The highest BCUT2D eigenvalue weighted by molar-refractivity contribution is 5.97. The number of rotatable bonds is 8. The van der Waals surface area contributed by atoms with Crippen LogP contribution in [0.5, 0.6) is 5.88 Å². The van der Waals surface area contributed by atoms with Crippen LogP contribution in [-0.2, 0) is 11.4 Å². The van der Waals surface area contributed by atoms with E-state index in [2.05, 4.69) is 36.1 Å². The fourth-order valence-corrected chi connectivity index (χ4v) is 3.59. The van der Waals surface area contributed by atoms with Gasteiger partial charge >= 0.3 is 0 Å². The van der Waals surface area contributed by atoms with Crippen LogP contribution in [0.15, 0.2) is 53.2 Å². The summed E-state index contributed by atoms with van der Waals surface area (Å²) in [5, 5.41) is 24.1. The number of pyridine rings is 1. The molecule has 12 heteroatoms. The highest BCUT2D eigenvalue weighted by atomic mass is 16.5. The molecule has 5 aromatic rings. The summed E-state index contributed by atoms with van der Waals surface area (Å²) in [7, 11) is 0. The molecule has 0 aliphatic heterocycles. The Hall–Kier alpha value is -4.87. The van der Waals surface area contributed by atoms with Crippen molar-refractivity contribution in [2.45, 2.75) is 20.5 Å². The number of aromatic nitrogens is 6. The fraction of sp³-hybridized carbons (Fsp3) is 0.208. The van der Waals surface area contributed by atoms with Gasteiger partial charge in [-0.05, 0) is 25.1 Å². The lowest BCUT2D eigenvalue weighted by molar-refractivity contribution is -0.118. The molecule has 5 rings (SSSR count). The molecule has 0 atom stereocenters. The van der Waals surface area contributed by atoms with Crippen LogP contribution in [0.4, 0.5) is 0 Å². The number of ether oxygens (including phenoxy) is 1. The molecule has 0 unspecified atom stereocenters. The van der Waals surface area contributed by atoms with Crippen LogP contribution in [-0.4, -0.2) is 54.9 Å². The van der Waals surface area contributed by atoms with E-state index in [1.807, 2.05) is 24.3 Å². The number of carbonyl (C=O) groups excluding carboxylic acids is 2. The normalized spacial score (nSPS) is 11.1. The average Bonchev–Trinajstić information content (AvgIpc) is 3.51. The first-order chi connectivity index (χ1) is 17.5. The Kier molecular flexibility index (Phi) is 6.22. The maximum Gasteiger partial charge on any atom is 0.252 e. The molecular weight excluding hydrogens is 464 g/mol. The Labute approximate surface area is 204 Å². The second kappa shape index (κ2) is 9.78. The summed E-state index contributed by atoms with van der Waals surface area (Å²) in [5.41, 5.74) is 2.11. The van der Waals surface area contributed by atoms with Gasteiger partial charge in [-0.2, -0.15) is 4.52 Å². The van der Waals surface area contributed by atoms with Crippen molar-refractivity contribution in [1.82, 2.24) is 40.6 Å². The van der Waals surface area contributed by atoms with Gasteiger partial charge in [0.05, 0.1) is 11.3 Å². The average molecular weight is 486 g/mol. The highest BCUT2D eigenvalue weighted by Crippen LogP contribution is 2.29. The highest BCUT2D eigenvalue weighted by Gasteiger charge is 2.18. The van der Waals surface area contributed by atoms with Gasteiger partial charge in [-0.3, -0.25) is 14.6 Å². The zero-order valence-electron chi connectivity index (χ0n) is 19.6. The lowest BCUT2D eigenvalue weighted by Crippen LogP contribution is -2.33. The Bertz CT molecular complexity index is 1560. The van der Waals surface area contributed by atoms with Gasteiger partial charge in [0, 0.05) is 43.0 Å². The topological polar surface area (TPSA) is 149 Å². The summed E-state index contributed by atoms with van der Waals surface area (Å²) >= 11 is 0. The second-order valence-corrected chi connectivity index (χ2v) is 8.00. The van der Waals surface area contributed by atoms with E-state index in [0.29, 0.717) is 53.2 Å². The minimum atomic E-state index is -0.276. The summed E-state index contributed by atoms with van der Waals surface area (Å²) in [4.78, 5) is 27.5. The van der Waals surface area contributed by atoms with Gasteiger partial charge < -0.3 is 19.9 Å². The Morgan fingerprint density at radius 2 is 1.86 bits per heavy atom. The van der Waals surface area contributed by atoms with Gasteiger partial charge in [-0.25, -0.2) is 0 Å². The summed E-state index contributed by atoms with van der Waals surface area (Å²) in [5.74, 6) is 1.03. The van der Waals surface area contributed by atoms with Crippen molar-refractivity contribution in [1.29, 1.82) is 0 Å². The number of carbonyl (C=O) groups is 2. The lowest BCUT2D eigenvalue weighted by Gasteiger charge is -2.10.